The number of carbonyl (C=O) groups excluding carboxylic acids is 1. The first-order valence-corrected chi connectivity index (χ1v) is 12.7. The maximum absolute atomic E-state index is 13.4. The number of hydrogen-bond acceptors (Lipinski definition) is 5. The Morgan fingerprint density at radius 2 is 1.97 bits per heavy atom. The minimum Gasteiger partial charge on any atom is -0.337 e. The number of anilines is 1. The molecule has 4 aromatic rings. The van der Waals surface area contributed by atoms with Crippen LogP contribution in [0.2, 0.25) is 0 Å². The summed E-state index contributed by atoms with van der Waals surface area (Å²) in [6, 6.07) is 12.6. The van der Waals surface area contributed by atoms with Crippen LogP contribution in [0.1, 0.15) is 30.0 Å². The van der Waals surface area contributed by atoms with Gasteiger partial charge >= 0.3 is 0 Å². The van der Waals surface area contributed by atoms with Crippen molar-refractivity contribution < 1.29 is 4.79 Å². The number of thiazole rings is 1. The van der Waals surface area contributed by atoms with Gasteiger partial charge in [-0.25, -0.2) is 9.97 Å². The van der Waals surface area contributed by atoms with Gasteiger partial charge in [0.15, 0.2) is 5.13 Å². The molecule has 2 aromatic heterocycles. The summed E-state index contributed by atoms with van der Waals surface area (Å²) in [6.07, 6.45) is 6.75. The Balaban J connectivity index is 0.00000306. The molecule has 5 nitrogen and oxygen atoms in total. The molecule has 4 rings (SSSR count). The molecule has 0 aliphatic rings. The predicted molar refractivity (Wildman–Crippen MR) is 142 cm³/mol. The first kappa shape index (κ1) is 25.3. The van der Waals surface area contributed by atoms with Crippen molar-refractivity contribution in [1.29, 1.82) is 0 Å². The zero-order valence-corrected chi connectivity index (χ0v) is 21.6. The van der Waals surface area contributed by atoms with Gasteiger partial charge in [0.1, 0.15) is 0 Å². The lowest BCUT2D eigenvalue weighted by Crippen LogP contribution is -2.33. The Bertz CT molecular complexity index is 1190. The Morgan fingerprint density at radius 1 is 1.18 bits per heavy atom. The molecule has 1 amide bonds. The molecule has 174 valence electrons. The SMILES string of the molecule is CCSc1ccc(CC(=O)N(CCCn2ccnc2)c2nc3cc(C)cc(C)c3s2)cc1.Cl. The third-order valence-corrected chi connectivity index (χ3v) is 7.41. The quantitative estimate of drug-likeness (QED) is 0.253. The number of aromatic nitrogens is 3. The first-order valence-electron chi connectivity index (χ1n) is 10.9. The van der Waals surface area contributed by atoms with E-state index in [-0.39, 0.29) is 18.3 Å². The molecule has 0 unspecified atom stereocenters. The van der Waals surface area contributed by atoms with E-state index in [9.17, 15) is 4.79 Å². The van der Waals surface area contributed by atoms with Crippen molar-refractivity contribution in [2.45, 2.75) is 45.1 Å². The van der Waals surface area contributed by atoms with Gasteiger partial charge in [-0.15, -0.1) is 24.2 Å². The molecule has 0 spiro atoms. The summed E-state index contributed by atoms with van der Waals surface area (Å²) in [5, 5.41) is 0.780. The molecule has 33 heavy (non-hydrogen) atoms. The molecule has 0 fully saturated rings. The summed E-state index contributed by atoms with van der Waals surface area (Å²) in [4.78, 5) is 25.5. The minimum atomic E-state index is 0. The molecule has 0 bridgehead atoms. The second-order valence-corrected chi connectivity index (χ2v) is 10.2. The van der Waals surface area contributed by atoms with Gasteiger partial charge in [0.25, 0.3) is 0 Å². The van der Waals surface area contributed by atoms with E-state index in [0.717, 1.165) is 39.6 Å². The van der Waals surface area contributed by atoms with Crippen molar-refractivity contribution in [2.75, 3.05) is 17.2 Å². The fraction of sp³-hybridized carbons (Fsp3) is 0.320. The molecule has 0 radical (unpaired) electrons. The van der Waals surface area contributed by atoms with Gasteiger partial charge < -0.3 is 4.57 Å². The Morgan fingerprint density at radius 3 is 2.67 bits per heavy atom. The number of carbonyl (C=O) groups is 1. The highest BCUT2D eigenvalue weighted by atomic mass is 35.5. The van der Waals surface area contributed by atoms with Gasteiger partial charge in [0, 0.05) is 30.4 Å². The lowest BCUT2D eigenvalue weighted by atomic mass is 10.1. The average molecular weight is 501 g/mol. The number of imidazole rings is 1. The molecule has 0 aliphatic heterocycles. The normalized spacial score (nSPS) is 10.9. The lowest BCUT2D eigenvalue weighted by molar-refractivity contribution is -0.118. The van der Waals surface area contributed by atoms with Gasteiger partial charge in [-0.05, 0) is 60.9 Å². The van der Waals surface area contributed by atoms with Crippen LogP contribution in [0.4, 0.5) is 5.13 Å². The number of halogens is 1. The molecule has 2 heterocycles. The maximum Gasteiger partial charge on any atom is 0.233 e. The highest BCUT2D eigenvalue weighted by Gasteiger charge is 2.20. The van der Waals surface area contributed by atoms with Gasteiger partial charge in [0.2, 0.25) is 5.91 Å². The van der Waals surface area contributed by atoms with Crippen LogP contribution in [0.25, 0.3) is 10.2 Å². The number of aryl methyl sites for hydroxylation is 3. The van der Waals surface area contributed by atoms with Crippen molar-refractivity contribution in [1.82, 2.24) is 14.5 Å². The summed E-state index contributed by atoms with van der Waals surface area (Å²) >= 11 is 3.42. The zero-order valence-electron chi connectivity index (χ0n) is 19.2. The monoisotopic (exact) mass is 500 g/mol. The van der Waals surface area contributed by atoms with E-state index in [1.807, 2.05) is 33.8 Å². The van der Waals surface area contributed by atoms with Gasteiger partial charge in [-0.3, -0.25) is 9.69 Å². The van der Waals surface area contributed by atoms with Crippen molar-refractivity contribution in [3.8, 4) is 0 Å². The second kappa shape index (κ2) is 11.7. The fourth-order valence-corrected chi connectivity index (χ4v) is 5.50. The van der Waals surface area contributed by atoms with Crippen molar-refractivity contribution in [3.05, 3.63) is 71.8 Å². The third kappa shape index (κ3) is 6.37. The van der Waals surface area contributed by atoms with Crippen molar-refractivity contribution >= 4 is 56.8 Å². The van der Waals surface area contributed by atoms with Crippen LogP contribution in [0.5, 0.6) is 0 Å². The van der Waals surface area contributed by atoms with Crippen LogP contribution >= 0.6 is 35.5 Å². The van der Waals surface area contributed by atoms with Crippen LogP contribution in [-0.2, 0) is 17.8 Å². The Hall–Kier alpha value is -2.35. The topological polar surface area (TPSA) is 51.0 Å². The highest BCUT2D eigenvalue weighted by Crippen LogP contribution is 2.32. The van der Waals surface area contributed by atoms with E-state index in [1.165, 1.54) is 16.0 Å². The lowest BCUT2D eigenvalue weighted by Gasteiger charge is -2.20. The van der Waals surface area contributed by atoms with E-state index in [4.69, 9.17) is 4.98 Å². The number of benzene rings is 2. The number of fused-ring (bicyclic) bond motifs is 1. The zero-order chi connectivity index (χ0) is 22.5. The van der Waals surface area contributed by atoms with Gasteiger partial charge in [-0.1, -0.05) is 36.5 Å². The first-order chi connectivity index (χ1) is 15.5. The van der Waals surface area contributed by atoms with Crippen LogP contribution in [0, 0.1) is 13.8 Å². The van der Waals surface area contributed by atoms with Crippen molar-refractivity contribution in [3.63, 3.8) is 0 Å². The van der Waals surface area contributed by atoms with E-state index in [2.05, 4.69) is 62.2 Å². The summed E-state index contributed by atoms with van der Waals surface area (Å²) in [5.41, 5.74) is 4.40. The largest absolute Gasteiger partial charge is 0.337 e. The van der Waals surface area contributed by atoms with E-state index in [1.54, 1.807) is 17.5 Å². The Labute approximate surface area is 209 Å². The number of rotatable bonds is 9. The summed E-state index contributed by atoms with van der Waals surface area (Å²) in [6.45, 7) is 7.78. The molecular weight excluding hydrogens is 472 g/mol. The molecule has 0 saturated carbocycles. The molecular formula is C25H29ClN4OS2. The maximum atomic E-state index is 13.4. The molecule has 0 N–H and O–H groups in total. The van der Waals surface area contributed by atoms with Crippen molar-refractivity contribution in [2.24, 2.45) is 0 Å². The van der Waals surface area contributed by atoms with Gasteiger partial charge in [-0.2, -0.15) is 0 Å². The smallest absolute Gasteiger partial charge is 0.233 e. The highest BCUT2D eigenvalue weighted by molar-refractivity contribution is 7.99. The summed E-state index contributed by atoms with van der Waals surface area (Å²) in [5.74, 6) is 1.12. The summed E-state index contributed by atoms with van der Waals surface area (Å²) in [7, 11) is 0. The molecule has 2 aromatic carbocycles. The average Bonchev–Trinajstić information content (AvgIpc) is 3.42. The molecule has 0 saturated heterocycles. The predicted octanol–water partition coefficient (Wildman–Crippen LogP) is 6.31. The van der Waals surface area contributed by atoms with Crippen LogP contribution < -0.4 is 4.90 Å². The number of thioether (sulfide) groups is 1. The number of nitrogens with zero attached hydrogens (tertiary/aromatic N) is 4. The minimum absolute atomic E-state index is 0. The third-order valence-electron chi connectivity index (χ3n) is 5.29. The van der Waals surface area contributed by atoms with E-state index in [0.29, 0.717) is 13.0 Å². The van der Waals surface area contributed by atoms with E-state index >= 15 is 0 Å². The van der Waals surface area contributed by atoms with Crippen LogP contribution in [0.15, 0.2) is 60.0 Å². The Kier molecular flexibility index (Phi) is 8.95. The second-order valence-electron chi connectivity index (χ2n) is 7.88. The number of hydrogen-bond donors (Lipinski definition) is 0. The fourth-order valence-electron chi connectivity index (χ4n) is 3.78. The van der Waals surface area contributed by atoms with E-state index < -0.39 is 0 Å². The number of amides is 1. The molecule has 8 heteroatoms. The molecule has 0 aliphatic carbocycles. The van der Waals surface area contributed by atoms with Gasteiger partial charge in [0.05, 0.1) is 23.0 Å². The molecule has 0 atom stereocenters. The summed E-state index contributed by atoms with van der Waals surface area (Å²) < 4.78 is 3.19. The standard InChI is InChI=1S/C25H28N4OS2.ClH/c1-4-31-21-8-6-20(7-9-21)16-23(30)29(12-5-11-28-13-10-26-17-28)25-27-22-15-18(2)14-19(3)24(22)32-25;/h6-10,13-15,17H,4-5,11-12,16H2,1-3H3;1H. The van der Waals surface area contributed by atoms with Crippen LogP contribution in [-0.4, -0.2) is 32.7 Å². The van der Waals surface area contributed by atoms with Crippen LogP contribution in [0.3, 0.4) is 0 Å².